The van der Waals surface area contributed by atoms with E-state index in [1.807, 2.05) is 0 Å². The Bertz CT molecular complexity index is 439. The zero-order valence-electron chi connectivity index (χ0n) is 12.4. The van der Waals surface area contributed by atoms with Crippen molar-refractivity contribution in [1.82, 2.24) is 9.80 Å². The van der Waals surface area contributed by atoms with Gasteiger partial charge in [0.2, 0.25) is 11.8 Å². The summed E-state index contributed by atoms with van der Waals surface area (Å²) in [6.07, 6.45) is 0.694. The summed E-state index contributed by atoms with van der Waals surface area (Å²) in [6, 6.07) is -0.307. The number of nitrogens with zero attached hydrogens (tertiary/aromatic N) is 2. The van der Waals surface area contributed by atoms with Crippen molar-refractivity contribution in [3.8, 4) is 0 Å². The van der Waals surface area contributed by atoms with Crippen LogP contribution in [0.1, 0.15) is 19.8 Å². The Labute approximate surface area is 123 Å². The Balaban J connectivity index is 1.95. The van der Waals surface area contributed by atoms with Crippen molar-refractivity contribution in [3.05, 3.63) is 0 Å². The van der Waals surface area contributed by atoms with Gasteiger partial charge in [-0.1, -0.05) is 0 Å². The summed E-state index contributed by atoms with van der Waals surface area (Å²) >= 11 is 0. The number of ether oxygens (including phenoxy) is 1. The molecule has 2 heterocycles. The second-order valence-electron chi connectivity index (χ2n) is 5.74. The van der Waals surface area contributed by atoms with Crippen molar-refractivity contribution < 1.29 is 24.2 Å². The molecule has 2 aliphatic heterocycles. The first-order valence-corrected chi connectivity index (χ1v) is 7.25. The number of aliphatic carboxylic acids is 1. The first kappa shape index (κ1) is 15.8. The van der Waals surface area contributed by atoms with Crippen LogP contribution in [0.4, 0.5) is 0 Å². The molecule has 118 valence electrons. The summed E-state index contributed by atoms with van der Waals surface area (Å²) in [5.41, 5.74) is 0. The molecule has 21 heavy (non-hydrogen) atoms. The van der Waals surface area contributed by atoms with Crippen LogP contribution in [0, 0.1) is 11.8 Å². The second-order valence-corrected chi connectivity index (χ2v) is 5.74. The molecule has 3 atom stereocenters. The third kappa shape index (κ3) is 3.18. The normalized spacial score (nSPS) is 29.2. The van der Waals surface area contributed by atoms with Crippen molar-refractivity contribution in [3.63, 3.8) is 0 Å². The largest absolute Gasteiger partial charge is 0.481 e. The van der Waals surface area contributed by atoms with Crippen LogP contribution in [-0.4, -0.2) is 72.1 Å². The van der Waals surface area contributed by atoms with E-state index in [1.54, 1.807) is 23.8 Å². The molecule has 2 fully saturated rings. The lowest BCUT2D eigenvalue weighted by atomic mass is 10.0. The molecule has 0 radical (unpaired) electrons. The molecule has 2 rings (SSSR count). The summed E-state index contributed by atoms with van der Waals surface area (Å²) in [7, 11) is 1.57. The van der Waals surface area contributed by atoms with E-state index >= 15 is 0 Å². The maximum Gasteiger partial charge on any atom is 0.308 e. The molecule has 7 nitrogen and oxygen atoms in total. The third-order valence-electron chi connectivity index (χ3n) is 4.48. The lowest BCUT2D eigenvalue weighted by Gasteiger charge is -2.26. The molecular formula is C14H22N2O5. The van der Waals surface area contributed by atoms with E-state index in [1.165, 1.54) is 0 Å². The Morgan fingerprint density at radius 1 is 1.43 bits per heavy atom. The average molecular weight is 298 g/mol. The number of carboxylic acids is 1. The summed E-state index contributed by atoms with van der Waals surface area (Å²) in [6.45, 7) is 3.57. The van der Waals surface area contributed by atoms with Gasteiger partial charge in [0, 0.05) is 39.2 Å². The minimum atomic E-state index is -0.859. The average Bonchev–Trinajstić information content (AvgIpc) is 2.99. The predicted octanol–water partition coefficient (Wildman–Crippen LogP) is -0.197. The minimum Gasteiger partial charge on any atom is -0.481 e. The molecule has 3 unspecified atom stereocenters. The van der Waals surface area contributed by atoms with E-state index < -0.39 is 11.9 Å². The van der Waals surface area contributed by atoms with Gasteiger partial charge >= 0.3 is 5.97 Å². The van der Waals surface area contributed by atoms with Crippen LogP contribution in [-0.2, 0) is 19.1 Å². The van der Waals surface area contributed by atoms with Gasteiger partial charge < -0.3 is 19.6 Å². The topological polar surface area (TPSA) is 87.2 Å². The van der Waals surface area contributed by atoms with E-state index in [-0.39, 0.29) is 30.2 Å². The zero-order chi connectivity index (χ0) is 15.6. The third-order valence-corrected chi connectivity index (χ3v) is 4.48. The smallest absolute Gasteiger partial charge is 0.308 e. The number of amides is 2. The lowest BCUT2D eigenvalue weighted by Crippen LogP contribution is -2.42. The minimum absolute atomic E-state index is 0.0352. The van der Waals surface area contributed by atoms with Gasteiger partial charge in [-0.3, -0.25) is 14.4 Å². The van der Waals surface area contributed by atoms with E-state index in [0.29, 0.717) is 32.7 Å². The molecule has 0 aliphatic carbocycles. The van der Waals surface area contributed by atoms with Gasteiger partial charge in [-0.2, -0.15) is 0 Å². The number of methoxy groups -OCH3 is 1. The molecule has 0 aromatic heterocycles. The van der Waals surface area contributed by atoms with E-state index in [4.69, 9.17) is 9.84 Å². The summed E-state index contributed by atoms with van der Waals surface area (Å²) in [5.74, 6) is -1.85. The van der Waals surface area contributed by atoms with Gasteiger partial charge in [0.25, 0.3) is 0 Å². The highest BCUT2D eigenvalue weighted by Gasteiger charge is 2.43. The van der Waals surface area contributed by atoms with E-state index in [9.17, 15) is 14.4 Å². The molecule has 7 heteroatoms. The van der Waals surface area contributed by atoms with Crippen LogP contribution in [0.15, 0.2) is 0 Å². The SMILES string of the molecule is COCCN1CC(C(=O)N2CCC(C(=O)O)C2C)CC1=O. The standard InChI is InChI=1S/C14H22N2O5/c1-9-11(14(19)20)3-4-16(9)13(18)10-7-12(17)15(8-10)5-6-21-2/h9-11H,3-8H2,1-2H3,(H,19,20). The fourth-order valence-electron chi connectivity index (χ4n) is 3.17. The quantitative estimate of drug-likeness (QED) is 0.759. The highest BCUT2D eigenvalue weighted by Crippen LogP contribution is 2.28. The first-order chi connectivity index (χ1) is 9.95. The van der Waals surface area contributed by atoms with Gasteiger partial charge in [-0.05, 0) is 13.3 Å². The van der Waals surface area contributed by atoms with Crippen molar-refractivity contribution in [2.45, 2.75) is 25.8 Å². The van der Waals surface area contributed by atoms with E-state index in [2.05, 4.69) is 0 Å². The fourth-order valence-corrected chi connectivity index (χ4v) is 3.17. The molecule has 0 bridgehead atoms. The van der Waals surface area contributed by atoms with Gasteiger partial charge in [0.05, 0.1) is 18.4 Å². The zero-order valence-corrected chi connectivity index (χ0v) is 12.4. The number of hydrogen-bond donors (Lipinski definition) is 1. The first-order valence-electron chi connectivity index (χ1n) is 7.25. The van der Waals surface area contributed by atoms with Crippen LogP contribution in [0.5, 0.6) is 0 Å². The van der Waals surface area contributed by atoms with Crippen LogP contribution in [0.2, 0.25) is 0 Å². The van der Waals surface area contributed by atoms with Crippen molar-refractivity contribution in [2.75, 3.05) is 33.4 Å². The van der Waals surface area contributed by atoms with Gasteiger partial charge in [-0.15, -0.1) is 0 Å². The number of carbonyl (C=O) groups excluding carboxylic acids is 2. The van der Waals surface area contributed by atoms with Gasteiger partial charge in [0.1, 0.15) is 0 Å². The molecular weight excluding hydrogens is 276 g/mol. The highest BCUT2D eigenvalue weighted by molar-refractivity contribution is 5.90. The number of likely N-dealkylation sites (tertiary alicyclic amines) is 2. The molecule has 0 spiro atoms. The van der Waals surface area contributed by atoms with Crippen molar-refractivity contribution in [1.29, 1.82) is 0 Å². The summed E-state index contributed by atoms with van der Waals surface area (Å²) in [4.78, 5) is 38.8. The summed E-state index contributed by atoms with van der Waals surface area (Å²) < 4.78 is 4.95. The monoisotopic (exact) mass is 298 g/mol. The number of rotatable bonds is 5. The lowest BCUT2D eigenvalue weighted by molar-refractivity contribution is -0.143. The molecule has 1 N–H and O–H groups in total. The summed E-state index contributed by atoms with van der Waals surface area (Å²) in [5, 5.41) is 9.12. The highest BCUT2D eigenvalue weighted by atomic mass is 16.5. The van der Waals surface area contributed by atoms with Gasteiger partial charge in [-0.25, -0.2) is 0 Å². The molecule has 2 saturated heterocycles. The molecule has 0 aromatic carbocycles. The maximum atomic E-state index is 12.5. The van der Waals surface area contributed by atoms with Crippen molar-refractivity contribution in [2.24, 2.45) is 11.8 Å². The number of hydrogen-bond acceptors (Lipinski definition) is 4. The number of carbonyl (C=O) groups is 3. The van der Waals surface area contributed by atoms with Crippen LogP contribution in [0.3, 0.4) is 0 Å². The molecule has 2 aliphatic rings. The number of carboxylic acid groups (broad SMARTS) is 1. The van der Waals surface area contributed by atoms with Gasteiger partial charge in [0.15, 0.2) is 0 Å². The van der Waals surface area contributed by atoms with E-state index in [0.717, 1.165) is 0 Å². The Hall–Kier alpha value is -1.63. The molecule has 0 saturated carbocycles. The van der Waals surface area contributed by atoms with Crippen LogP contribution < -0.4 is 0 Å². The Morgan fingerprint density at radius 3 is 2.71 bits per heavy atom. The van der Waals surface area contributed by atoms with Crippen LogP contribution >= 0.6 is 0 Å². The maximum absolute atomic E-state index is 12.5. The Morgan fingerprint density at radius 2 is 2.14 bits per heavy atom. The Kier molecular flexibility index (Phi) is 4.82. The molecule has 0 aromatic rings. The molecule has 2 amide bonds. The van der Waals surface area contributed by atoms with Crippen molar-refractivity contribution >= 4 is 17.8 Å². The van der Waals surface area contributed by atoms with Crippen LogP contribution in [0.25, 0.3) is 0 Å². The predicted molar refractivity (Wildman–Crippen MR) is 73.5 cm³/mol. The second kappa shape index (κ2) is 6.43. The fraction of sp³-hybridized carbons (Fsp3) is 0.786.